The van der Waals surface area contributed by atoms with Gasteiger partial charge < -0.3 is 4.74 Å². The Morgan fingerprint density at radius 3 is 2.09 bits per heavy atom. The first kappa shape index (κ1) is 25.4. The molecule has 1 aliphatic rings. The van der Waals surface area contributed by atoms with Crippen molar-refractivity contribution in [1.82, 2.24) is 4.98 Å². The third kappa shape index (κ3) is 5.62. The minimum Gasteiger partial charge on any atom is -0.370 e. The summed E-state index contributed by atoms with van der Waals surface area (Å²) in [6, 6.07) is 10.5. The third-order valence-corrected chi connectivity index (χ3v) is 6.24. The summed E-state index contributed by atoms with van der Waals surface area (Å²) in [7, 11) is 0. The van der Waals surface area contributed by atoms with Crippen LogP contribution in [0, 0.1) is 5.82 Å². The standard InChI is InChI=1S/C25H19ClF7NO/c1-13(16-10-17(24(28,29)30)12-18(11-16)25(31,32)33)35-20-8-4-15-5-9-21(26)34-23(15)22(20)14-2-6-19(27)7-3-14/h2-3,5-7,9-13,20,22H,4,8H2,1H3/t13-,20+,22-/m1/s1. The van der Waals surface area contributed by atoms with Gasteiger partial charge >= 0.3 is 12.4 Å². The van der Waals surface area contributed by atoms with Gasteiger partial charge in [0, 0.05) is 0 Å². The Morgan fingerprint density at radius 2 is 1.51 bits per heavy atom. The Bertz CT molecular complexity index is 1180. The van der Waals surface area contributed by atoms with Gasteiger partial charge in [0.1, 0.15) is 11.0 Å². The molecule has 3 aromatic rings. The molecule has 35 heavy (non-hydrogen) atoms. The van der Waals surface area contributed by atoms with Crippen molar-refractivity contribution in [3.05, 3.63) is 99.1 Å². The fraction of sp³-hybridized carbons (Fsp3) is 0.320. The van der Waals surface area contributed by atoms with Gasteiger partial charge in [0.25, 0.3) is 0 Å². The molecule has 0 fully saturated rings. The average molecular weight is 518 g/mol. The first-order valence-corrected chi connectivity index (χ1v) is 11.1. The van der Waals surface area contributed by atoms with Crippen molar-refractivity contribution in [2.24, 2.45) is 0 Å². The van der Waals surface area contributed by atoms with Crippen LogP contribution in [0.4, 0.5) is 30.7 Å². The van der Waals surface area contributed by atoms with Gasteiger partial charge in [0.05, 0.1) is 34.9 Å². The lowest BCUT2D eigenvalue weighted by Crippen LogP contribution is -2.31. The van der Waals surface area contributed by atoms with Gasteiger partial charge in [0.15, 0.2) is 0 Å². The van der Waals surface area contributed by atoms with E-state index in [4.69, 9.17) is 16.3 Å². The number of fused-ring (bicyclic) bond motifs is 1. The zero-order valence-corrected chi connectivity index (χ0v) is 19.0. The van der Waals surface area contributed by atoms with Crippen molar-refractivity contribution in [2.45, 2.75) is 50.2 Å². The molecular weight excluding hydrogens is 499 g/mol. The molecule has 0 radical (unpaired) electrons. The van der Waals surface area contributed by atoms with Crippen LogP contribution >= 0.6 is 11.6 Å². The second kappa shape index (κ2) is 9.43. The van der Waals surface area contributed by atoms with Crippen molar-refractivity contribution in [3.8, 4) is 0 Å². The molecule has 0 saturated heterocycles. The summed E-state index contributed by atoms with van der Waals surface area (Å²) in [5, 5.41) is 0.220. The van der Waals surface area contributed by atoms with E-state index in [1.54, 1.807) is 18.2 Å². The van der Waals surface area contributed by atoms with Crippen LogP contribution in [0.15, 0.2) is 54.6 Å². The number of aromatic nitrogens is 1. The predicted molar refractivity (Wildman–Crippen MR) is 116 cm³/mol. The number of rotatable bonds is 4. The highest BCUT2D eigenvalue weighted by molar-refractivity contribution is 6.29. The van der Waals surface area contributed by atoms with Crippen molar-refractivity contribution in [2.75, 3.05) is 0 Å². The molecule has 0 unspecified atom stereocenters. The number of pyridine rings is 1. The summed E-state index contributed by atoms with van der Waals surface area (Å²) in [6.07, 6.45) is -10.7. The van der Waals surface area contributed by atoms with E-state index in [1.807, 2.05) is 6.07 Å². The molecule has 2 nitrogen and oxygen atoms in total. The Labute approximate surface area is 201 Å². The van der Waals surface area contributed by atoms with E-state index in [0.29, 0.717) is 36.2 Å². The second-order valence-electron chi connectivity index (χ2n) is 8.40. The summed E-state index contributed by atoms with van der Waals surface area (Å²) in [6.45, 7) is 1.40. The lowest BCUT2D eigenvalue weighted by molar-refractivity contribution is -0.143. The lowest BCUT2D eigenvalue weighted by Gasteiger charge is -2.35. The smallest absolute Gasteiger partial charge is 0.370 e. The topological polar surface area (TPSA) is 22.1 Å². The van der Waals surface area contributed by atoms with Crippen LogP contribution in [-0.2, 0) is 23.5 Å². The minimum atomic E-state index is -4.96. The quantitative estimate of drug-likeness (QED) is 0.257. The molecule has 0 bridgehead atoms. The number of aryl methyl sites for hydroxylation is 1. The van der Waals surface area contributed by atoms with E-state index in [2.05, 4.69) is 4.98 Å². The molecule has 0 amide bonds. The maximum atomic E-state index is 13.6. The third-order valence-electron chi connectivity index (χ3n) is 6.03. The van der Waals surface area contributed by atoms with Gasteiger partial charge in [-0.05, 0) is 72.9 Å². The summed E-state index contributed by atoms with van der Waals surface area (Å²) < 4.78 is 99.6. The minimum absolute atomic E-state index is 0.0836. The summed E-state index contributed by atoms with van der Waals surface area (Å²) in [5.74, 6) is -1.01. The maximum absolute atomic E-state index is 13.6. The normalized spacial score (nSPS) is 19.3. The van der Waals surface area contributed by atoms with Crippen molar-refractivity contribution in [3.63, 3.8) is 0 Å². The van der Waals surface area contributed by atoms with Crippen molar-refractivity contribution >= 4 is 11.6 Å². The molecule has 0 aliphatic heterocycles. The van der Waals surface area contributed by atoms with Crippen LogP contribution in [0.2, 0.25) is 5.15 Å². The van der Waals surface area contributed by atoms with E-state index >= 15 is 0 Å². The average Bonchev–Trinajstić information content (AvgIpc) is 2.78. The first-order chi connectivity index (χ1) is 16.3. The Morgan fingerprint density at radius 1 is 0.914 bits per heavy atom. The summed E-state index contributed by atoms with van der Waals surface area (Å²) in [4.78, 5) is 4.41. The number of nitrogens with zero attached hydrogens (tertiary/aromatic N) is 1. The molecule has 186 valence electrons. The highest BCUT2D eigenvalue weighted by Crippen LogP contribution is 2.42. The number of benzene rings is 2. The van der Waals surface area contributed by atoms with E-state index in [-0.39, 0.29) is 16.8 Å². The molecule has 0 N–H and O–H groups in total. The number of hydrogen-bond acceptors (Lipinski definition) is 2. The molecule has 1 heterocycles. The van der Waals surface area contributed by atoms with Crippen LogP contribution in [-0.4, -0.2) is 11.1 Å². The molecule has 1 aromatic heterocycles. The van der Waals surface area contributed by atoms with Gasteiger partial charge in [-0.1, -0.05) is 29.8 Å². The van der Waals surface area contributed by atoms with E-state index in [1.165, 1.54) is 19.1 Å². The molecule has 1 aliphatic carbocycles. The van der Waals surface area contributed by atoms with E-state index < -0.39 is 47.4 Å². The monoisotopic (exact) mass is 517 g/mol. The summed E-state index contributed by atoms with van der Waals surface area (Å²) >= 11 is 6.10. The molecule has 0 spiro atoms. The number of hydrogen-bond donors (Lipinski definition) is 0. The zero-order valence-electron chi connectivity index (χ0n) is 18.2. The van der Waals surface area contributed by atoms with Crippen LogP contribution in [0.5, 0.6) is 0 Å². The SMILES string of the molecule is C[C@@H](O[C@H]1CCc2ccc(Cl)nc2[C@@H]1c1ccc(F)cc1)c1cc(C(F)(F)F)cc(C(F)(F)F)c1. The van der Waals surface area contributed by atoms with Crippen LogP contribution in [0.25, 0.3) is 0 Å². The Balaban J connectivity index is 1.72. The Kier molecular flexibility index (Phi) is 6.85. The highest BCUT2D eigenvalue weighted by Gasteiger charge is 2.39. The molecule has 4 rings (SSSR count). The number of alkyl halides is 6. The Hall–Kier alpha value is -2.65. The fourth-order valence-electron chi connectivity index (χ4n) is 4.34. The zero-order chi connectivity index (χ0) is 25.5. The van der Waals surface area contributed by atoms with Gasteiger partial charge in [-0.3, -0.25) is 0 Å². The molecule has 10 heteroatoms. The number of ether oxygens (including phenoxy) is 1. The largest absolute Gasteiger partial charge is 0.416 e. The van der Waals surface area contributed by atoms with Crippen molar-refractivity contribution in [1.29, 1.82) is 0 Å². The van der Waals surface area contributed by atoms with Crippen molar-refractivity contribution < 1.29 is 35.5 Å². The lowest BCUT2D eigenvalue weighted by atomic mass is 9.79. The van der Waals surface area contributed by atoms with Crippen LogP contribution in [0.1, 0.15) is 58.9 Å². The van der Waals surface area contributed by atoms with Gasteiger partial charge in [-0.15, -0.1) is 0 Å². The van der Waals surface area contributed by atoms with E-state index in [0.717, 1.165) is 5.56 Å². The molecule has 0 saturated carbocycles. The molecule has 2 aromatic carbocycles. The van der Waals surface area contributed by atoms with Gasteiger partial charge in [-0.2, -0.15) is 26.3 Å². The van der Waals surface area contributed by atoms with Crippen LogP contribution < -0.4 is 0 Å². The van der Waals surface area contributed by atoms with Gasteiger partial charge in [0.2, 0.25) is 0 Å². The fourth-order valence-corrected chi connectivity index (χ4v) is 4.50. The van der Waals surface area contributed by atoms with E-state index in [9.17, 15) is 30.7 Å². The molecule has 3 atom stereocenters. The highest BCUT2D eigenvalue weighted by atomic mass is 35.5. The summed E-state index contributed by atoms with van der Waals surface area (Å²) in [5.41, 5.74) is -0.970. The number of halogens is 8. The maximum Gasteiger partial charge on any atom is 0.416 e. The first-order valence-electron chi connectivity index (χ1n) is 10.7. The second-order valence-corrected chi connectivity index (χ2v) is 8.79. The molecular formula is C25H19ClF7NO. The van der Waals surface area contributed by atoms with Gasteiger partial charge in [-0.25, -0.2) is 9.37 Å². The van der Waals surface area contributed by atoms with Crippen LogP contribution in [0.3, 0.4) is 0 Å². The predicted octanol–water partition coefficient (Wildman–Crippen LogP) is 8.14.